The van der Waals surface area contributed by atoms with Gasteiger partial charge < -0.3 is 10.1 Å². The molecule has 4 aromatic rings. The molecule has 0 aliphatic carbocycles. The highest BCUT2D eigenvalue weighted by atomic mass is 16.5. The molecule has 178 valence electrons. The standard InChI is InChI=1S/C27H20N4O5/c1-17(32)29-20-8-10-22(11-9-20)31-25(33)23-12-7-19(13-24(23)26(31)34)27(35)36-16-18-14-28-30(15-18)21-5-3-2-4-6-21/h2-15H,16H2,1H3,(H,29,32). The number of amides is 3. The first-order valence-electron chi connectivity index (χ1n) is 11.1. The van der Waals surface area contributed by atoms with Crippen molar-refractivity contribution in [2.45, 2.75) is 13.5 Å². The number of hydrogen-bond donors (Lipinski definition) is 1. The molecule has 0 spiro atoms. The van der Waals surface area contributed by atoms with Gasteiger partial charge in [0, 0.05) is 24.4 Å². The average Bonchev–Trinajstić information content (AvgIpc) is 3.46. The largest absolute Gasteiger partial charge is 0.457 e. The molecule has 0 saturated heterocycles. The Hall–Kier alpha value is -5.05. The van der Waals surface area contributed by atoms with Crippen LogP contribution in [0.15, 0.2) is 85.2 Å². The molecule has 0 radical (unpaired) electrons. The second-order valence-electron chi connectivity index (χ2n) is 8.14. The molecule has 1 aromatic heterocycles. The van der Waals surface area contributed by atoms with Crippen molar-refractivity contribution < 1.29 is 23.9 Å². The number of rotatable bonds is 6. The van der Waals surface area contributed by atoms with Gasteiger partial charge in [0.05, 0.1) is 34.3 Å². The van der Waals surface area contributed by atoms with Gasteiger partial charge in [-0.05, 0) is 54.6 Å². The van der Waals surface area contributed by atoms with Gasteiger partial charge in [0.1, 0.15) is 6.61 Å². The molecule has 0 saturated carbocycles. The van der Waals surface area contributed by atoms with E-state index in [4.69, 9.17) is 4.74 Å². The average molecular weight is 480 g/mol. The van der Waals surface area contributed by atoms with Crippen molar-refractivity contribution in [1.82, 2.24) is 9.78 Å². The Bertz CT molecular complexity index is 1490. The summed E-state index contributed by atoms with van der Waals surface area (Å²) in [5.74, 6) is -1.88. The first-order valence-corrected chi connectivity index (χ1v) is 11.1. The van der Waals surface area contributed by atoms with E-state index in [1.54, 1.807) is 41.3 Å². The molecule has 0 bridgehead atoms. The first kappa shape index (κ1) is 22.7. The van der Waals surface area contributed by atoms with Gasteiger partial charge in [-0.15, -0.1) is 0 Å². The van der Waals surface area contributed by atoms with Crippen LogP contribution < -0.4 is 10.2 Å². The van der Waals surface area contributed by atoms with Gasteiger partial charge in [0.2, 0.25) is 5.91 Å². The van der Waals surface area contributed by atoms with Gasteiger partial charge in [-0.1, -0.05) is 18.2 Å². The normalized spacial score (nSPS) is 12.4. The SMILES string of the molecule is CC(=O)Nc1ccc(N2C(=O)c3ccc(C(=O)OCc4cnn(-c5ccccc5)c4)cc3C2=O)cc1. The fourth-order valence-corrected chi connectivity index (χ4v) is 3.89. The number of imide groups is 1. The lowest BCUT2D eigenvalue weighted by Gasteiger charge is -2.14. The fraction of sp³-hybridized carbons (Fsp3) is 0.0741. The topological polar surface area (TPSA) is 111 Å². The number of aromatic nitrogens is 2. The summed E-state index contributed by atoms with van der Waals surface area (Å²) >= 11 is 0. The maximum Gasteiger partial charge on any atom is 0.338 e. The summed E-state index contributed by atoms with van der Waals surface area (Å²) in [7, 11) is 0. The van der Waals surface area contributed by atoms with Crippen LogP contribution in [0.5, 0.6) is 0 Å². The fourth-order valence-electron chi connectivity index (χ4n) is 3.89. The van der Waals surface area contributed by atoms with E-state index in [0.29, 0.717) is 16.9 Å². The van der Waals surface area contributed by atoms with Crippen LogP contribution in [-0.4, -0.2) is 33.5 Å². The molecule has 1 N–H and O–H groups in total. The van der Waals surface area contributed by atoms with Crippen molar-refractivity contribution in [3.05, 3.63) is 107 Å². The number of anilines is 2. The Morgan fingerprint density at radius 2 is 1.61 bits per heavy atom. The third-order valence-corrected chi connectivity index (χ3v) is 5.59. The van der Waals surface area contributed by atoms with E-state index in [9.17, 15) is 19.2 Å². The van der Waals surface area contributed by atoms with Gasteiger partial charge in [0.25, 0.3) is 11.8 Å². The summed E-state index contributed by atoms with van der Waals surface area (Å²) in [6.07, 6.45) is 3.38. The maximum absolute atomic E-state index is 13.0. The van der Waals surface area contributed by atoms with Gasteiger partial charge in [0.15, 0.2) is 0 Å². The van der Waals surface area contributed by atoms with Crippen LogP contribution in [0.3, 0.4) is 0 Å². The van der Waals surface area contributed by atoms with Crippen LogP contribution in [0.2, 0.25) is 0 Å². The number of benzene rings is 3. The van der Waals surface area contributed by atoms with Crippen molar-refractivity contribution in [2.75, 3.05) is 10.2 Å². The minimum Gasteiger partial charge on any atom is -0.457 e. The van der Waals surface area contributed by atoms with Gasteiger partial charge in [-0.2, -0.15) is 5.10 Å². The highest BCUT2D eigenvalue weighted by Crippen LogP contribution is 2.30. The molecular weight excluding hydrogens is 460 g/mol. The Morgan fingerprint density at radius 3 is 2.33 bits per heavy atom. The van der Waals surface area contributed by atoms with E-state index in [2.05, 4.69) is 10.4 Å². The van der Waals surface area contributed by atoms with Gasteiger partial charge >= 0.3 is 5.97 Å². The number of para-hydroxylation sites is 1. The third kappa shape index (κ3) is 4.37. The molecule has 0 atom stereocenters. The first-order chi connectivity index (χ1) is 17.4. The molecule has 2 heterocycles. The summed E-state index contributed by atoms with van der Waals surface area (Å²) in [4.78, 5) is 50.8. The van der Waals surface area contributed by atoms with Crippen LogP contribution in [0, 0.1) is 0 Å². The lowest BCUT2D eigenvalue weighted by Crippen LogP contribution is -2.29. The van der Waals surface area contributed by atoms with Crippen molar-refractivity contribution in [3.8, 4) is 5.69 Å². The Balaban J connectivity index is 1.29. The van der Waals surface area contributed by atoms with Crippen LogP contribution in [0.1, 0.15) is 43.6 Å². The zero-order valence-corrected chi connectivity index (χ0v) is 19.2. The second-order valence-corrected chi connectivity index (χ2v) is 8.14. The van der Waals surface area contributed by atoms with Crippen LogP contribution >= 0.6 is 0 Å². The van der Waals surface area contributed by atoms with E-state index >= 15 is 0 Å². The summed E-state index contributed by atoms with van der Waals surface area (Å²) in [6, 6.07) is 20.1. The molecule has 3 amide bonds. The van der Waals surface area contributed by atoms with E-state index in [1.165, 1.54) is 25.1 Å². The van der Waals surface area contributed by atoms with Gasteiger partial charge in [-0.25, -0.2) is 14.4 Å². The highest BCUT2D eigenvalue weighted by Gasteiger charge is 2.37. The molecule has 9 nitrogen and oxygen atoms in total. The quantitative estimate of drug-likeness (QED) is 0.330. The predicted octanol–water partition coefficient (Wildman–Crippen LogP) is 3.99. The lowest BCUT2D eigenvalue weighted by molar-refractivity contribution is -0.114. The molecule has 36 heavy (non-hydrogen) atoms. The third-order valence-electron chi connectivity index (χ3n) is 5.59. The zero-order valence-electron chi connectivity index (χ0n) is 19.2. The minimum atomic E-state index is -0.622. The molecule has 9 heteroatoms. The van der Waals surface area contributed by atoms with E-state index < -0.39 is 17.8 Å². The Morgan fingerprint density at radius 1 is 0.889 bits per heavy atom. The Kier molecular flexibility index (Phi) is 5.87. The van der Waals surface area contributed by atoms with Crippen molar-refractivity contribution in [2.24, 2.45) is 0 Å². The van der Waals surface area contributed by atoms with Gasteiger partial charge in [-0.3, -0.25) is 14.4 Å². The molecule has 1 aliphatic heterocycles. The number of ether oxygens (including phenoxy) is 1. The summed E-state index contributed by atoms with van der Waals surface area (Å²) in [5, 5.41) is 6.91. The predicted molar refractivity (Wildman–Crippen MR) is 131 cm³/mol. The lowest BCUT2D eigenvalue weighted by atomic mass is 10.1. The molecule has 5 rings (SSSR count). The number of nitrogens with one attached hydrogen (secondary N) is 1. The summed E-state index contributed by atoms with van der Waals surface area (Å²) in [5.41, 5.74) is 2.97. The molecular formula is C27H20N4O5. The van der Waals surface area contributed by atoms with Crippen molar-refractivity contribution in [1.29, 1.82) is 0 Å². The molecule has 1 aliphatic rings. The number of fused-ring (bicyclic) bond motifs is 1. The molecule has 3 aromatic carbocycles. The second kappa shape index (κ2) is 9.30. The number of esters is 1. The highest BCUT2D eigenvalue weighted by molar-refractivity contribution is 6.34. The summed E-state index contributed by atoms with van der Waals surface area (Å²) in [6.45, 7) is 1.39. The van der Waals surface area contributed by atoms with Crippen LogP contribution in [-0.2, 0) is 16.1 Å². The van der Waals surface area contributed by atoms with Crippen LogP contribution in [0.25, 0.3) is 5.69 Å². The van der Waals surface area contributed by atoms with E-state index in [0.717, 1.165) is 10.6 Å². The van der Waals surface area contributed by atoms with Crippen LogP contribution in [0.4, 0.5) is 11.4 Å². The zero-order chi connectivity index (χ0) is 25.2. The monoisotopic (exact) mass is 480 g/mol. The minimum absolute atomic E-state index is 0.00238. The van der Waals surface area contributed by atoms with Crippen molar-refractivity contribution >= 4 is 35.1 Å². The number of carbonyl (C=O) groups excluding carboxylic acids is 4. The van der Waals surface area contributed by atoms with E-state index in [1.807, 2.05) is 30.3 Å². The number of nitrogens with zero attached hydrogens (tertiary/aromatic N) is 3. The van der Waals surface area contributed by atoms with Crippen molar-refractivity contribution in [3.63, 3.8) is 0 Å². The molecule has 0 fully saturated rings. The number of hydrogen-bond acceptors (Lipinski definition) is 6. The smallest absolute Gasteiger partial charge is 0.338 e. The Labute approximate surface area is 205 Å². The maximum atomic E-state index is 13.0. The van der Waals surface area contributed by atoms with E-state index in [-0.39, 0.29) is 29.2 Å². The summed E-state index contributed by atoms with van der Waals surface area (Å²) < 4.78 is 7.09. The number of carbonyl (C=O) groups is 4. The molecule has 0 unspecified atom stereocenters.